The average Bonchev–Trinajstić information content (AvgIpc) is 3.00. The predicted octanol–water partition coefficient (Wildman–Crippen LogP) is 1.36. The number of hydrogen-bond acceptors (Lipinski definition) is 4. The van der Waals surface area contributed by atoms with E-state index in [-0.39, 0.29) is 24.3 Å². The van der Waals surface area contributed by atoms with Crippen molar-refractivity contribution in [3.05, 3.63) is 76.3 Å². The van der Waals surface area contributed by atoms with Gasteiger partial charge in [0, 0.05) is 13.1 Å². The van der Waals surface area contributed by atoms with Crippen molar-refractivity contribution in [3.8, 4) is 0 Å². The van der Waals surface area contributed by atoms with Gasteiger partial charge in [-0.3, -0.25) is 13.9 Å². The maximum atomic E-state index is 12.7. The van der Waals surface area contributed by atoms with E-state index in [1.807, 2.05) is 0 Å². The molecule has 25 heavy (non-hydrogen) atoms. The average molecular weight is 360 g/mol. The molecule has 0 fully saturated rings. The molecule has 130 valence electrons. The summed E-state index contributed by atoms with van der Waals surface area (Å²) in [6, 6.07) is 0. The fourth-order valence-corrected chi connectivity index (χ4v) is 3.09. The molecule has 3 N–H and O–H groups in total. The van der Waals surface area contributed by atoms with Gasteiger partial charge in [0.25, 0.3) is 5.56 Å². The van der Waals surface area contributed by atoms with Crippen molar-refractivity contribution in [2.24, 2.45) is 5.73 Å². The largest absolute Gasteiger partial charge is 0.335 e. The van der Waals surface area contributed by atoms with Gasteiger partial charge in [-0.2, -0.15) is 0 Å². The maximum absolute atomic E-state index is 12.7. The molecule has 8 heteroatoms. The molecular weight excluding hydrogens is 342 g/mol. The van der Waals surface area contributed by atoms with Gasteiger partial charge in [-0.1, -0.05) is 42.0 Å². The van der Waals surface area contributed by atoms with Crippen LogP contribution in [0.5, 0.6) is 0 Å². The number of alkyl halides is 1. The minimum absolute atomic E-state index is 0.0987. The van der Waals surface area contributed by atoms with E-state index in [9.17, 15) is 9.59 Å². The molecule has 0 aromatic carbocycles. The number of allylic oxidation sites excluding steroid dienone is 4. The first-order valence-corrected chi connectivity index (χ1v) is 8.07. The Morgan fingerprint density at radius 2 is 1.96 bits per heavy atom. The Kier molecular flexibility index (Phi) is 4.36. The Hall–Kier alpha value is -2.64. The highest BCUT2D eigenvalue weighted by Gasteiger charge is 2.34. The van der Waals surface area contributed by atoms with Gasteiger partial charge in [0.2, 0.25) is 0 Å². The van der Waals surface area contributed by atoms with Crippen LogP contribution in [0.15, 0.2) is 59.2 Å². The van der Waals surface area contributed by atoms with E-state index in [1.54, 1.807) is 30.4 Å². The molecule has 2 aromatic rings. The molecule has 2 unspecified atom stereocenters. The lowest BCUT2D eigenvalue weighted by Gasteiger charge is -2.26. The van der Waals surface area contributed by atoms with E-state index >= 15 is 0 Å². The monoisotopic (exact) mass is 359 g/mol. The second kappa shape index (κ2) is 6.34. The Morgan fingerprint density at radius 3 is 2.60 bits per heavy atom. The van der Waals surface area contributed by atoms with Crippen molar-refractivity contribution in [2.45, 2.75) is 24.0 Å². The SMILES string of the molecule is C=CCn1c(=O)c2[nH]c(C3C=CC=CC3(N)Cl)nc2n(CC=C)c1=O. The summed E-state index contributed by atoms with van der Waals surface area (Å²) in [4.78, 5) is 31.5. The molecule has 2 aromatic heterocycles. The number of nitrogens with one attached hydrogen (secondary N) is 1. The van der Waals surface area contributed by atoms with Gasteiger partial charge in [0.05, 0.1) is 5.92 Å². The lowest BCUT2D eigenvalue weighted by molar-refractivity contribution is 0.618. The van der Waals surface area contributed by atoms with Crippen molar-refractivity contribution in [1.82, 2.24) is 19.1 Å². The standard InChI is InChI=1S/C17H18ClN5O2/c1-3-9-22-14-12(15(24)23(10-4-2)16(22)25)20-13(21-14)11-7-5-6-8-17(11,18)19/h3-8,11H,1-2,9-10,19H2,(H,20,21). The van der Waals surface area contributed by atoms with E-state index in [0.29, 0.717) is 5.82 Å². The van der Waals surface area contributed by atoms with Crippen molar-refractivity contribution in [1.29, 1.82) is 0 Å². The highest BCUT2D eigenvalue weighted by atomic mass is 35.5. The quantitative estimate of drug-likeness (QED) is 0.478. The number of aromatic nitrogens is 4. The van der Waals surface area contributed by atoms with Crippen LogP contribution in [0.25, 0.3) is 11.2 Å². The molecule has 2 atom stereocenters. The third kappa shape index (κ3) is 2.81. The Balaban J connectivity index is 2.30. The summed E-state index contributed by atoms with van der Waals surface area (Å²) in [7, 11) is 0. The van der Waals surface area contributed by atoms with E-state index in [1.165, 1.54) is 10.6 Å². The predicted molar refractivity (Wildman–Crippen MR) is 98.8 cm³/mol. The lowest BCUT2D eigenvalue weighted by Crippen LogP contribution is -2.39. The summed E-state index contributed by atoms with van der Waals surface area (Å²) in [5.41, 5.74) is 5.63. The first-order chi connectivity index (χ1) is 11.9. The Bertz CT molecular complexity index is 1020. The molecule has 1 aliphatic carbocycles. The minimum atomic E-state index is -1.17. The highest BCUT2D eigenvalue weighted by molar-refractivity contribution is 6.25. The first-order valence-electron chi connectivity index (χ1n) is 7.69. The molecule has 3 rings (SSSR count). The van der Waals surface area contributed by atoms with Crippen LogP contribution in [0.1, 0.15) is 11.7 Å². The Labute approximate surface area is 148 Å². The summed E-state index contributed by atoms with van der Waals surface area (Å²) in [5.74, 6) is -0.0510. The van der Waals surface area contributed by atoms with Crippen LogP contribution in [0, 0.1) is 0 Å². The number of hydrogen-bond donors (Lipinski definition) is 2. The second-order valence-corrected chi connectivity index (χ2v) is 6.41. The van der Waals surface area contributed by atoms with Crippen molar-refractivity contribution in [2.75, 3.05) is 0 Å². The summed E-state index contributed by atoms with van der Waals surface area (Å²) in [6.45, 7) is 7.56. The van der Waals surface area contributed by atoms with Crippen LogP contribution in [0.3, 0.4) is 0 Å². The number of H-pyrrole nitrogens is 1. The molecule has 0 spiro atoms. The summed E-state index contributed by atoms with van der Waals surface area (Å²) in [5, 5.41) is 0. The number of imidazole rings is 1. The fraction of sp³-hybridized carbons (Fsp3) is 0.235. The number of aromatic amines is 1. The number of fused-ring (bicyclic) bond motifs is 1. The van der Waals surface area contributed by atoms with E-state index < -0.39 is 22.2 Å². The summed E-state index contributed by atoms with van der Waals surface area (Å²) < 4.78 is 2.47. The molecule has 0 radical (unpaired) electrons. The number of nitrogens with zero attached hydrogens (tertiary/aromatic N) is 3. The first kappa shape index (κ1) is 17.2. The molecule has 0 aliphatic heterocycles. The van der Waals surface area contributed by atoms with Crippen LogP contribution < -0.4 is 17.0 Å². The van der Waals surface area contributed by atoms with E-state index in [4.69, 9.17) is 17.3 Å². The van der Waals surface area contributed by atoms with Crippen LogP contribution in [0.2, 0.25) is 0 Å². The van der Waals surface area contributed by atoms with Gasteiger partial charge < -0.3 is 10.7 Å². The van der Waals surface area contributed by atoms with Crippen LogP contribution in [0.4, 0.5) is 0 Å². The van der Waals surface area contributed by atoms with Crippen LogP contribution in [-0.2, 0) is 13.1 Å². The molecule has 0 saturated carbocycles. The number of nitrogens with two attached hydrogens (primary N) is 1. The lowest BCUT2D eigenvalue weighted by atomic mass is 9.94. The summed E-state index contributed by atoms with van der Waals surface area (Å²) >= 11 is 6.35. The van der Waals surface area contributed by atoms with Crippen LogP contribution in [-0.4, -0.2) is 24.1 Å². The van der Waals surface area contributed by atoms with Gasteiger partial charge in [-0.05, 0) is 6.08 Å². The zero-order valence-corrected chi connectivity index (χ0v) is 14.2. The third-order valence-corrected chi connectivity index (χ3v) is 4.40. The minimum Gasteiger partial charge on any atom is -0.335 e. The maximum Gasteiger partial charge on any atom is 0.333 e. The smallest absolute Gasteiger partial charge is 0.333 e. The van der Waals surface area contributed by atoms with Gasteiger partial charge in [-0.15, -0.1) is 13.2 Å². The molecular formula is C17H18ClN5O2. The molecule has 0 amide bonds. The van der Waals surface area contributed by atoms with E-state index in [0.717, 1.165) is 4.57 Å². The number of rotatable bonds is 5. The number of halogens is 1. The normalized spacial score (nSPS) is 22.4. The zero-order valence-electron chi connectivity index (χ0n) is 13.5. The fourth-order valence-electron chi connectivity index (χ4n) is 2.85. The van der Waals surface area contributed by atoms with Gasteiger partial charge in [0.15, 0.2) is 5.65 Å². The third-order valence-electron chi connectivity index (χ3n) is 4.04. The summed E-state index contributed by atoms with van der Waals surface area (Å²) in [6.07, 6.45) is 10.1. The zero-order chi connectivity index (χ0) is 18.2. The molecule has 0 bridgehead atoms. The molecule has 2 heterocycles. The molecule has 1 aliphatic rings. The van der Waals surface area contributed by atoms with Crippen molar-refractivity contribution >= 4 is 22.8 Å². The van der Waals surface area contributed by atoms with Gasteiger partial charge >= 0.3 is 5.69 Å². The highest BCUT2D eigenvalue weighted by Crippen LogP contribution is 2.33. The van der Waals surface area contributed by atoms with E-state index in [2.05, 4.69) is 23.1 Å². The van der Waals surface area contributed by atoms with Gasteiger partial charge in [-0.25, -0.2) is 9.78 Å². The van der Waals surface area contributed by atoms with Crippen LogP contribution >= 0.6 is 11.6 Å². The van der Waals surface area contributed by atoms with Gasteiger partial charge in [0.1, 0.15) is 16.3 Å². The van der Waals surface area contributed by atoms with Crippen molar-refractivity contribution < 1.29 is 0 Å². The topological polar surface area (TPSA) is 98.7 Å². The van der Waals surface area contributed by atoms with Crippen molar-refractivity contribution in [3.63, 3.8) is 0 Å². The Morgan fingerprint density at radius 1 is 1.28 bits per heavy atom. The molecule has 0 saturated heterocycles. The second-order valence-electron chi connectivity index (χ2n) is 5.76. The molecule has 7 nitrogen and oxygen atoms in total.